The lowest BCUT2D eigenvalue weighted by Crippen LogP contribution is -2.33. The Labute approximate surface area is 104 Å². The van der Waals surface area contributed by atoms with Crippen LogP contribution >= 0.6 is 0 Å². The van der Waals surface area contributed by atoms with E-state index in [-0.39, 0.29) is 11.6 Å². The van der Waals surface area contributed by atoms with Crippen LogP contribution in [-0.4, -0.2) is 17.9 Å². The van der Waals surface area contributed by atoms with Crippen LogP contribution in [0, 0.1) is 5.82 Å². The SMILES string of the molecule is CC(N)C(=O)Nc1cc2c(cc1F)CCC(=O)N2. The molecule has 0 bridgehead atoms. The second-order valence-electron chi connectivity index (χ2n) is 4.32. The van der Waals surface area contributed by atoms with Crippen molar-refractivity contribution in [1.29, 1.82) is 0 Å². The van der Waals surface area contributed by atoms with Crippen molar-refractivity contribution in [2.24, 2.45) is 5.73 Å². The van der Waals surface area contributed by atoms with E-state index < -0.39 is 17.8 Å². The molecule has 18 heavy (non-hydrogen) atoms. The number of carbonyl (C=O) groups excluding carboxylic acids is 2. The maximum absolute atomic E-state index is 13.7. The molecule has 0 spiro atoms. The molecule has 1 aliphatic heterocycles. The molecule has 0 aromatic heterocycles. The molecule has 0 radical (unpaired) electrons. The van der Waals surface area contributed by atoms with Crippen LogP contribution in [-0.2, 0) is 16.0 Å². The average Bonchev–Trinajstić information content (AvgIpc) is 2.30. The van der Waals surface area contributed by atoms with Crippen molar-refractivity contribution in [3.63, 3.8) is 0 Å². The Morgan fingerprint density at radius 1 is 1.50 bits per heavy atom. The summed E-state index contributed by atoms with van der Waals surface area (Å²) in [4.78, 5) is 22.6. The molecule has 0 saturated carbocycles. The van der Waals surface area contributed by atoms with Gasteiger partial charge in [0.05, 0.1) is 11.7 Å². The summed E-state index contributed by atoms with van der Waals surface area (Å²) in [6.07, 6.45) is 0.845. The Hall–Kier alpha value is -1.95. The van der Waals surface area contributed by atoms with Crippen molar-refractivity contribution in [3.8, 4) is 0 Å². The highest BCUT2D eigenvalue weighted by molar-refractivity contribution is 5.97. The van der Waals surface area contributed by atoms with Crippen molar-refractivity contribution in [2.75, 3.05) is 10.6 Å². The molecule has 2 amide bonds. The second kappa shape index (κ2) is 4.73. The van der Waals surface area contributed by atoms with Crippen molar-refractivity contribution >= 4 is 23.2 Å². The van der Waals surface area contributed by atoms with Gasteiger partial charge in [-0.3, -0.25) is 9.59 Å². The maximum Gasteiger partial charge on any atom is 0.241 e. The largest absolute Gasteiger partial charge is 0.326 e. The molecule has 0 aliphatic carbocycles. The standard InChI is InChI=1S/C12H14FN3O2/c1-6(14)12(18)16-10-5-9-7(4-8(10)13)2-3-11(17)15-9/h4-6H,2-3,14H2,1H3,(H,15,17)(H,16,18). The molecule has 5 nitrogen and oxygen atoms in total. The fourth-order valence-corrected chi connectivity index (χ4v) is 1.74. The summed E-state index contributed by atoms with van der Waals surface area (Å²) in [7, 11) is 0. The number of carbonyl (C=O) groups is 2. The predicted octanol–water partition coefficient (Wildman–Crippen LogP) is 0.996. The highest BCUT2D eigenvalue weighted by atomic mass is 19.1. The van der Waals surface area contributed by atoms with Crippen LogP contribution < -0.4 is 16.4 Å². The fourth-order valence-electron chi connectivity index (χ4n) is 1.74. The lowest BCUT2D eigenvalue weighted by molar-refractivity contribution is -0.117. The molecule has 1 atom stereocenters. The number of aryl methyl sites for hydroxylation is 1. The Balaban J connectivity index is 2.29. The third-order valence-corrected chi connectivity index (χ3v) is 2.76. The summed E-state index contributed by atoms with van der Waals surface area (Å²) in [6, 6.07) is 2.02. The normalized spacial score (nSPS) is 15.6. The summed E-state index contributed by atoms with van der Waals surface area (Å²) in [5.74, 6) is -1.12. The molecular weight excluding hydrogens is 237 g/mol. The third-order valence-electron chi connectivity index (χ3n) is 2.76. The molecule has 0 saturated heterocycles. The molecule has 4 N–H and O–H groups in total. The van der Waals surface area contributed by atoms with Crippen LogP contribution in [0.25, 0.3) is 0 Å². The molecule has 1 aromatic rings. The van der Waals surface area contributed by atoms with Gasteiger partial charge >= 0.3 is 0 Å². The predicted molar refractivity (Wildman–Crippen MR) is 65.6 cm³/mol. The molecular formula is C12H14FN3O2. The van der Waals surface area contributed by atoms with Crippen LogP contribution in [0.1, 0.15) is 18.9 Å². The number of amides is 2. The quantitative estimate of drug-likeness (QED) is 0.733. The van der Waals surface area contributed by atoms with Crippen LogP contribution in [0.5, 0.6) is 0 Å². The molecule has 1 unspecified atom stereocenters. The minimum atomic E-state index is -0.727. The number of nitrogens with one attached hydrogen (secondary N) is 2. The van der Waals surface area contributed by atoms with Gasteiger partial charge in [-0.25, -0.2) is 4.39 Å². The van der Waals surface area contributed by atoms with Gasteiger partial charge in [-0.05, 0) is 31.0 Å². The van der Waals surface area contributed by atoms with E-state index in [2.05, 4.69) is 10.6 Å². The van der Waals surface area contributed by atoms with E-state index in [1.54, 1.807) is 0 Å². The molecule has 1 heterocycles. The van der Waals surface area contributed by atoms with Crippen molar-refractivity contribution in [2.45, 2.75) is 25.8 Å². The summed E-state index contributed by atoms with van der Waals surface area (Å²) in [5, 5.41) is 5.03. The molecule has 6 heteroatoms. The fraction of sp³-hybridized carbons (Fsp3) is 0.333. The van der Waals surface area contributed by atoms with Gasteiger partial charge in [0.25, 0.3) is 0 Å². The zero-order valence-electron chi connectivity index (χ0n) is 9.92. The lowest BCUT2D eigenvalue weighted by atomic mass is 10.0. The van der Waals surface area contributed by atoms with Crippen molar-refractivity contribution in [3.05, 3.63) is 23.5 Å². The molecule has 0 fully saturated rings. The molecule has 2 rings (SSSR count). The van der Waals surface area contributed by atoms with Crippen molar-refractivity contribution in [1.82, 2.24) is 0 Å². The monoisotopic (exact) mass is 251 g/mol. The van der Waals surface area contributed by atoms with Gasteiger partial charge in [-0.2, -0.15) is 0 Å². The Kier molecular flexibility index (Phi) is 3.29. The van der Waals surface area contributed by atoms with Gasteiger partial charge in [-0.15, -0.1) is 0 Å². The minimum Gasteiger partial charge on any atom is -0.326 e. The number of rotatable bonds is 2. The first-order valence-corrected chi connectivity index (χ1v) is 5.66. The lowest BCUT2D eigenvalue weighted by Gasteiger charge is -2.18. The van der Waals surface area contributed by atoms with E-state index in [1.165, 1.54) is 19.1 Å². The van der Waals surface area contributed by atoms with Gasteiger partial charge in [0, 0.05) is 12.1 Å². The van der Waals surface area contributed by atoms with Gasteiger partial charge in [-0.1, -0.05) is 0 Å². The number of fused-ring (bicyclic) bond motifs is 1. The summed E-state index contributed by atoms with van der Waals surface area (Å²) < 4.78 is 13.7. The van der Waals surface area contributed by atoms with E-state index in [0.29, 0.717) is 18.5 Å². The summed E-state index contributed by atoms with van der Waals surface area (Å²) >= 11 is 0. The highest BCUT2D eigenvalue weighted by Gasteiger charge is 2.19. The van der Waals surface area contributed by atoms with Crippen LogP contribution in [0.4, 0.5) is 15.8 Å². The van der Waals surface area contributed by atoms with Gasteiger partial charge in [0.1, 0.15) is 5.82 Å². The minimum absolute atomic E-state index is 0.0262. The number of halogens is 1. The maximum atomic E-state index is 13.7. The Morgan fingerprint density at radius 3 is 2.89 bits per heavy atom. The number of nitrogens with two attached hydrogens (primary N) is 1. The van der Waals surface area contributed by atoms with E-state index >= 15 is 0 Å². The van der Waals surface area contributed by atoms with Gasteiger partial charge in [0.15, 0.2) is 0 Å². The second-order valence-corrected chi connectivity index (χ2v) is 4.32. The van der Waals surface area contributed by atoms with E-state index in [1.807, 2.05) is 0 Å². The first kappa shape index (κ1) is 12.5. The smallest absolute Gasteiger partial charge is 0.241 e. The molecule has 96 valence electrons. The molecule has 1 aliphatic rings. The molecule has 1 aromatic carbocycles. The zero-order chi connectivity index (χ0) is 13.3. The number of hydrogen-bond donors (Lipinski definition) is 3. The summed E-state index contributed by atoms with van der Waals surface area (Å²) in [5.41, 5.74) is 6.68. The van der Waals surface area contributed by atoms with Crippen LogP contribution in [0.2, 0.25) is 0 Å². The van der Waals surface area contributed by atoms with E-state index in [9.17, 15) is 14.0 Å². The summed E-state index contributed by atoms with van der Waals surface area (Å²) in [6.45, 7) is 1.51. The van der Waals surface area contributed by atoms with Crippen LogP contribution in [0.3, 0.4) is 0 Å². The third kappa shape index (κ3) is 2.48. The Morgan fingerprint density at radius 2 is 2.22 bits per heavy atom. The van der Waals surface area contributed by atoms with Gasteiger partial charge in [0.2, 0.25) is 11.8 Å². The number of hydrogen-bond acceptors (Lipinski definition) is 3. The number of anilines is 2. The highest BCUT2D eigenvalue weighted by Crippen LogP contribution is 2.28. The first-order chi connectivity index (χ1) is 8.47. The van der Waals surface area contributed by atoms with E-state index in [0.717, 1.165) is 5.56 Å². The van der Waals surface area contributed by atoms with E-state index in [4.69, 9.17) is 5.73 Å². The van der Waals surface area contributed by atoms with Gasteiger partial charge < -0.3 is 16.4 Å². The Bertz CT molecular complexity index is 514. The first-order valence-electron chi connectivity index (χ1n) is 5.66. The topological polar surface area (TPSA) is 84.2 Å². The van der Waals surface area contributed by atoms with Crippen molar-refractivity contribution < 1.29 is 14.0 Å². The number of benzene rings is 1. The zero-order valence-corrected chi connectivity index (χ0v) is 9.92. The van der Waals surface area contributed by atoms with Crippen LogP contribution in [0.15, 0.2) is 12.1 Å². The average molecular weight is 251 g/mol.